The van der Waals surface area contributed by atoms with Crippen molar-refractivity contribution in [2.45, 2.75) is 0 Å². The van der Waals surface area contributed by atoms with Crippen LogP contribution in [0.2, 0.25) is 0 Å². The number of aromatic nitrogens is 10. The van der Waals surface area contributed by atoms with Gasteiger partial charge in [-0.1, -0.05) is 100 Å². The van der Waals surface area contributed by atoms with Gasteiger partial charge in [0.05, 0.1) is 18.6 Å². The topological polar surface area (TPSA) is 104 Å². The van der Waals surface area contributed by atoms with E-state index in [1.165, 1.54) is 61.7 Å². The number of anilines is 4. The molecule has 4 aromatic heterocycles. The van der Waals surface area contributed by atoms with Crippen LogP contribution in [0.25, 0.3) is 67.3 Å². The molecule has 8 aromatic carbocycles. The summed E-state index contributed by atoms with van der Waals surface area (Å²) in [5.41, 5.74) is 21.9. The third-order valence-corrected chi connectivity index (χ3v) is 14.1. The molecule has 16 heteroatoms. The van der Waals surface area contributed by atoms with E-state index in [9.17, 15) is 0 Å². The number of nitrogens with zero attached hydrogens (tertiary/aromatic N) is 12. The van der Waals surface area contributed by atoms with Gasteiger partial charge in [-0.2, -0.15) is 95.6 Å². The minimum atomic E-state index is -0.120. The summed E-state index contributed by atoms with van der Waals surface area (Å²) in [7, 11) is 0. The fraction of sp³-hybridized carbons (Fsp3) is 0. The summed E-state index contributed by atoms with van der Waals surface area (Å²) in [6.07, 6.45) is 14.4. The second kappa shape index (κ2) is 18.2. The molecule has 0 aliphatic carbocycles. The minimum Gasteiger partial charge on any atom is -0.381 e. The molecule has 0 N–H and O–H groups in total. The Kier molecular flexibility index (Phi) is 11.2. The van der Waals surface area contributed by atoms with Gasteiger partial charge in [-0.15, -0.1) is 51.6 Å². The van der Waals surface area contributed by atoms with Crippen LogP contribution in [0.4, 0.5) is 22.7 Å². The molecule has 0 unspecified atom stereocenters. The average molecular weight is 1310 g/mol. The zero-order chi connectivity index (χ0) is 47.3. The summed E-state index contributed by atoms with van der Waals surface area (Å²) < 4.78 is 5.47. The van der Waals surface area contributed by atoms with Gasteiger partial charge in [0.25, 0.3) is 13.7 Å². The van der Waals surface area contributed by atoms with Crippen LogP contribution in [0, 0.1) is 24.3 Å². The first-order valence-corrected chi connectivity index (χ1v) is 23.7. The van der Waals surface area contributed by atoms with E-state index in [2.05, 4.69) is 204 Å². The van der Waals surface area contributed by atoms with E-state index in [1.54, 1.807) is 40.5 Å². The number of benzene rings is 8. The van der Waals surface area contributed by atoms with Crippen molar-refractivity contribution in [2.75, 3.05) is 9.62 Å². The molecule has 12 nitrogen and oxygen atoms in total. The van der Waals surface area contributed by atoms with Gasteiger partial charge < -0.3 is 9.62 Å². The predicted molar refractivity (Wildman–Crippen MR) is 281 cm³/mol. The Morgan fingerprint density at radius 1 is 0.311 bits per heavy atom. The average Bonchev–Trinajstić information content (AvgIpc) is 4.37. The van der Waals surface area contributed by atoms with Crippen LogP contribution >= 0.6 is 0 Å². The van der Waals surface area contributed by atoms with Gasteiger partial charge in [0, 0.05) is 53.7 Å². The summed E-state index contributed by atoms with van der Waals surface area (Å²) in [4.78, 5) is 6.47. The normalized spacial score (nSPS) is 12.5. The molecule has 0 radical (unpaired) electrons. The van der Waals surface area contributed by atoms with Gasteiger partial charge >= 0.3 is 42.1 Å². The fourth-order valence-electron chi connectivity index (χ4n) is 11.1. The molecule has 0 bridgehead atoms. The summed E-state index contributed by atoms with van der Waals surface area (Å²) in [5.74, 6) is 0. The van der Waals surface area contributed by atoms with E-state index >= 15 is 0 Å². The van der Waals surface area contributed by atoms with Crippen molar-refractivity contribution in [3.05, 3.63) is 232 Å². The molecular formula is C58H34B2N12Pt2. The van der Waals surface area contributed by atoms with Gasteiger partial charge in [-0.05, 0) is 59.1 Å². The molecule has 12 aromatic rings. The largest absolute Gasteiger partial charge is 2.00 e. The first-order valence-electron chi connectivity index (χ1n) is 23.7. The SMILES string of the molecule is [Pt+2].[Pt+2].[c-]1c(-n2cccn2)ccc2c1B1c3[c-]c(-n4ccnn4)ccc3-c3ccccc3N1c1ccccc1-2.[c-]1c(-n2cccn2)ccc2c1B1c3[c-]c(-n4nccn4)ccc3-c3ccccc3N1c1ccccc1-2. The van der Waals surface area contributed by atoms with Gasteiger partial charge in [-0.25, -0.2) is 4.68 Å². The third kappa shape index (κ3) is 7.07. The van der Waals surface area contributed by atoms with Crippen LogP contribution < -0.4 is 31.5 Å². The van der Waals surface area contributed by atoms with E-state index in [-0.39, 0.29) is 55.8 Å². The van der Waals surface area contributed by atoms with Crippen molar-refractivity contribution in [3.8, 4) is 67.3 Å². The quantitative estimate of drug-likeness (QED) is 0.130. The van der Waals surface area contributed by atoms with Crippen LogP contribution in [0.3, 0.4) is 0 Å². The van der Waals surface area contributed by atoms with Crippen LogP contribution in [0.1, 0.15) is 0 Å². The molecule has 0 fully saturated rings. The Morgan fingerprint density at radius 3 is 1.04 bits per heavy atom. The number of fused-ring (bicyclic) bond motifs is 22. The van der Waals surface area contributed by atoms with Crippen LogP contribution in [0.15, 0.2) is 207 Å². The van der Waals surface area contributed by atoms with Gasteiger partial charge in [0.15, 0.2) is 0 Å². The first-order chi connectivity index (χ1) is 35.7. The maximum absolute atomic E-state index is 4.46. The van der Waals surface area contributed by atoms with Crippen molar-refractivity contribution >= 4 is 58.3 Å². The van der Waals surface area contributed by atoms with Crippen molar-refractivity contribution < 1.29 is 42.1 Å². The number of hydrogen-bond acceptors (Lipinski definition) is 8. The Morgan fingerprint density at radius 2 is 0.676 bits per heavy atom. The predicted octanol–water partition coefficient (Wildman–Crippen LogP) is 7.91. The monoisotopic (exact) mass is 1310 g/mol. The molecule has 352 valence electrons. The standard InChI is InChI=1S/2C29H17BN6.2Pt/c1-3-8-28-24(6-1)22-12-10-20(34-17-5-14-31-34)18-26(22)30-27-19-21(36-32-15-16-33-36)11-13-23(27)25-7-2-4-9-29(25)35(28)30;1-3-8-28-24(6-1)22-12-10-20(34-16-5-14-32-34)18-26(22)30-27-19-21(35-17-15-31-33-35)11-13-23(27)25-7-2-4-9-29(25)36(28)30;;/h2*1-17H;;/q2*-2;2*+2. The first kappa shape index (κ1) is 45.4. The number of hydrogen-bond donors (Lipinski definition) is 0. The Balaban J connectivity index is 0.000000139. The third-order valence-electron chi connectivity index (χ3n) is 14.1. The number of para-hydroxylation sites is 4. The maximum atomic E-state index is 4.46. The molecule has 4 aliphatic heterocycles. The smallest absolute Gasteiger partial charge is 0.381 e. The molecule has 0 saturated carbocycles. The van der Waals surface area contributed by atoms with Gasteiger partial charge in [-0.3, -0.25) is 9.36 Å². The Bertz CT molecular complexity index is 3530. The number of rotatable bonds is 4. The zero-order valence-electron chi connectivity index (χ0n) is 38.8. The second-order valence-electron chi connectivity index (χ2n) is 17.9. The Hall–Kier alpha value is -8.43. The van der Waals surface area contributed by atoms with E-state index in [0.29, 0.717) is 0 Å². The van der Waals surface area contributed by atoms with Crippen molar-refractivity contribution in [3.63, 3.8) is 0 Å². The molecule has 0 spiro atoms. The Labute approximate surface area is 455 Å². The summed E-state index contributed by atoms with van der Waals surface area (Å²) in [6, 6.07) is 70.1. The van der Waals surface area contributed by atoms with E-state index < -0.39 is 0 Å². The minimum absolute atomic E-state index is 0. The van der Waals surface area contributed by atoms with E-state index in [0.717, 1.165) is 50.2 Å². The summed E-state index contributed by atoms with van der Waals surface area (Å²) >= 11 is 0. The van der Waals surface area contributed by atoms with E-state index in [1.807, 2.05) is 46.2 Å². The van der Waals surface area contributed by atoms with Crippen LogP contribution in [-0.2, 0) is 42.1 Å². The van der Waals surface area contributed by atoms with Crippen molar-refractivity contribution in [1.29, 1.82) is 0 Å². The van der Waals surface area contributed by atoms with E-state index in [4.69, 9.17) is 0 Å². The van der Waals surface area contributed by atoms with Crippen LogP contribution in [-0.4, -0.2) is 63.2 Å². The van der Waals surface area contributed by atoms with Crippen molar-refractivity contribution in [1.82, 2.24) is 49.5 Å². The van der Waals surface area contributed by atoms with Gasteiger partial charge in [0.2, 0.25) is 0 Å². The van der Waals surface area contributed by atoms with Gasteiger partial charge in [0.1, 0.15) is 0 Å². The molecule has 0 saturated heterocycles. The molecule has 74 heavy (non-hydrogen) atoms. The molecule has 16 rings (SSSR count). The summed E-state index contributed by atoms with van der Waals surface area (Å²) in [5, 5.41) is 25.8. The molecule has 0 atom stereocenters. The van der Waals surface area contributed by atoms with Crippen LogP contribution in [0.5, 0.6) is 0 Å². The molecular weight excluding hydrogens is 1280 g/mol. The molecule has 0 amide bonds. The molecule has 4 aliphatic rings. The second-order valence-corrected chi connectivity index (χ2v) is 17.9. The zero-order valence-corrected chi connectivity index (χ0v) is 43.3. The maximum Gasteiger partial charge on any atom is 2.00 e. The fourth-order valence-corrected chi connectivity index (χ4v) is 11.1. The molecule has 8 heterocycles. The summed E-state index contributed by atoms with van der Waals surface area (Å²) in [6.45, 7) is -0.232. The van der Waals surface area contributed by atoms with Crippen molar-refractivity contribution in [2.24, 2.45) is 0 Å².